The number of ether oxygens (including phenoxy) is 1. The van der Waals surface area contributed by atoms with Crippen LogP contribution in [-0.4, -0.2) is 43.5 Å². The molecule has 0 heterocycles. The van der Waals surface area contributed by atoms with E-state index < -0.39 is 0 Å². The van der Waals surface area contributed by atoms with E-state index >= 15 is 0 Å². The summed E-state index contributed by atoms with van der Waals surface area (Å²) in [6.45, 7) is 3.59. The smallest absolute Gasteiger partial charge is 0.306 e. The first kappa shape index (κ1) is 13.9. The first-order valence-corrected chi connectivity index (χ1v) is 5.17. The van der Waals surface area contributed by atoms with Crippen LogP contribution >= 0.6 is 0 Å². The predicted octanol–water partition coefficient (Wildman–Crippen LogP) is 0.137. The molecule has 0 saturated carbocycles. The van der Waals surface area contributed by atoms with Gasteiger partial charge in [-0.25, -0.2) is 0 Å². The summed E-state index contributed by atoms with van der Waals surface area (Å²) in [6.07, 6.45) is 2.34. The summed E-state index contributed by atoms with van der Waals surface area (Å²) in [7, 11) is 1.35. The minimum absolute atomic E-state index is 0.205. The number of methoxy groups -OCH3 is 1. The van der Waals surface area contributed by atoms with Crippen LogP contribution in [0.2, 0.25) is 0 Å². The molecule has 0 atom stereocenters. The first-order valence-electron chi connectivity index (χ1n) is 5.17. The van der Waals surface area contributed by atoms with Crippen molar-refractivity contribution in [3.8, 4) is 0 Å². The van der Waals surface area contributed by atoms with Crippen molar-refractivity contribution < 1.29 is 14.3 Å². The van der Waals surface area contributed by atoms with E-state index in [9.17, 15) is 9.59 Å². The molecule has 1 amide bonds. The van der Waals surface area contributed by atoms with Gasteiger partial charge in [0.25, 0.3) is 0 Å². The van der Waals surface area contributed by atoms with Crippen LogP contribution in [0.5, 0.6) is 0 Å². The third-order valence-electron chi connectivity index (χ3n) is 2.07. The Hall–Kier alpha value is -1.10. The molecule has 0 aliphatic rings. The zero-order chi connectivity index (χ0) is 11.7. The van der Waals surface area contributed by atoms with Crippen LogP contribution in [0.25, 0.3) is 0 Å². The van der Waals surface area contributed by atoms with Crippen molar-refractivity contribution in [2.45, 2.75) is 26.2 Å². The van der Waals surface area contributed by atoms with E-state index in [2.05, 4.69) is 11.7 Å². The van der Waals surface area contributed by atoms with Crippen LogP contribution in [0.1, 0.15) is 26.2 Å². The first-order chi connectivity index (χ1) is 7.10. The largest absolute Gasteiger partial charge is 0.469 e. The summed E-state index contributed by atoms with van der Waals surface area (Å²) in [6, 6.07) is 0. The lowest BCUT2D eigenvalue weighted by Gasteiger charge is -2.19. The number of hydrogen-bond acceptors (Lipinski definition) is 4. The second kappa shape index (κ2) is 8.23. The number of hydrogen-bond donors (Lipinski definition) is 1. The molecule has 15 heavy (non-hydrogen) atoms. The summed E-state index contributed by atoms with van der Waals surface area (Å²) < 4.78 is 4.53. The predicted molar refractivity (Wildman–Crippen MR) is 57.2 cm³/mol. The molecule has 0 fully saturated rings. The molecule has 5 nitrogen and oxygen atoms in total. The standard InChI is InChI=1S/C10H20N2O3/c1-3-4-6-12(8-9(11)13)7-5-10(14)15-2/h3-8H2,1-2H3,(H2,11,13). The fourth-order valence-electron chi connectivity index (χ4n) is 1.22. The monoisotopic (exact) mass is 216 g/mol. The molecule has 0 aromatic carbocycles. The van der Waals surface area contributed by atoms with Crippen molar-refractivity contribution in [2.75, 3.05) is 26.7 Å². The fraction of sp³-hybridized carbons (Fsp3) is 0.800. The Morgan fingerprint density at radius 1 is 1.33 bits per heavy atom. The fourth-order valence-corrected chi connectivity index (χ4v) is 1.22. The third-order valence-corrected chi connectivity index (χ3v) is 2.07. The maximum atomic E-state index is 10.9. The van der Waals surface area contributed by atoms with Gasteiger partial charge in [-0.2, -0.15) is 0 Å². The molecule has 0 aromatic rings. The van der Waals surface area contributed by atoms with Gasteiger partial charge in [0.1, 0.15) is 0 Å². The highest BCUT2D eigenvalue weighted by atomic mass is 16.5. The Bertz CT molecular complexity index is 207. The lowest BCUT2D eigenvalue weighted by atomic mass is 10.3. The Morgan fingerprint density at radius 3 is 2.47 bits per heavy atom. The molecule has 0 spiro atoms. The molecule has 0 aromatic heterocycles. The molecule has 0 rings (SSSR count). The van der Waals surface area contributed by atoms with E-state index in [0.29, 0.717) is 13.0 Å². The summed E-state index contributed by atoms with van der Waals surface area (Å²) >= 11 is 0. The van der Waals surface area contributed by atoms with Crippen molar-refractivity contribution in [1.29, 1.82) is 0 Å². The summed E-state index contributed by atoms with van der Waals surface area (Å²) in [5.41, 5.74) is 5.11. The van der Waals surface area contributed by atoms with E-state index in [1.165, 1.54) is 7.11 Å². The second-order valence-electron chi connectivity index (χ2n) is 3.42. The Labute approximate surface area is 90.6 Å². The van der Waals surface area contributed by atoms with Gasteiger partial charge in [0.2, 0.25) is 5.91 Å². The van der Waals surface area contributed by atoms with Crippen LogP contribution in [0.3, 0.4) is 0 Å². The number of nitrogens with zero attached hydrogens (tertiary/aromatic N) is 1. The van der Waals surface area contributed by atoms with E-state index in [1.54, 1.807) is 0 Å². The molecular formula is C10H20N2O3. The number of carbonyl (C=O) groups is 2. The molecule has 0 radical (unpaired) electrons. The summed E-state index contributed by atoms with van der Waals surface area (Å²) in [5.74, 6) is -0.628. The number of amides is 1. The summed E-state index contributed by atoms with van der Waals surface area (Å²) in [5, 5.41) is 0. The van der Waals surface area contributed by atoms with Crippen LogP contribution in [0.15, 0.2) is 0 Å². The summed E-state index contributed by atoms with van der Waals surface area (Å²) in [4.78, 5) is 23.5. The lowest BCUT2D eigenvalue weighted by Crippen LogP contribution is -2.36. The Morgan fingerprint density at radius 2 is 2.00 bits per heavy atom. The number of carbonyl (C=O) groups excluding carboxylic acids is 2. The molecule has 5 heteroatoms. The number of esters is 1. The molecule has 0 unspecified atom stereocenters. The van der Waals surface area contributed by atoms with Gasteiger partial charge in [-0.3, -0.25) is 14.5 Å². The molecule has 0 bridgehead atoms. The van der Waals surface area contributed by atoms with Crippen LogP contribution in [0.4, 0.5) is 0 Å². The third kappa shape index (κ3) is 7.93. The van der Waals surface area contributed by atoms with Crippen LogP contribution in [-0.2, 0) is 14.3 Å². The average molecular weight is 216 g/mol. The molecule has 2 N–H and O–H groups in total. The van der Waals surface area contributed by atoms with Gasteiger partial charge in [-0.1, -0.05) is 13.3 Å². The van der Waals surface area contributed by atoms with Crippen molar-refractivity contribution in [2.24, 2.45) is 5.73 Å². The average Bonchev–Trinajstić information content (AvgIpc) is 2.20. The second-order valence-corrected chi connectivity index (χ2v) is 3.42. The molecular weight excluding hydrogens is 196 g/mol. The van der Waals surface area contributed by atoms with Crippen LogP contribution in [0, 0.1) is 0 Å². The minimum atomic E-state index is -0.365. The van der Waals surface area contributed by atoms with Gasteiger partial charge < -0.3 is 10.5 Å². The van der Waals surface area contributed by atoms with Gasteiger partial charge in [0.05, 0.1) is 20.1 Å². The van der Waals surface area contributed by atoms with Crippen LogP contribution < -0.4 is 5.73 Å². The SMILES string of the molecule is CCCCN(CCC(=O)OC)CC(N)=O. The maximum Gasteiger partial charge on any atom is 0.306 e. The van der Waals surface area contributed by atoms with Crippen molar-refractivity contribution in [3.63, 3.8) is 0 Å². The minimum Gasteiger partial charge on any atom is -0.469 e. The Kier molecular flexibility index (Phi) is 7.62. The number of primary amides is 1. The van der Waals surface area contributed by atoms with E-state index in [-0.39, 0.29) is 18.4 Å². The number of unbranched alkanes of at least 4 members (excludes halogenated alkanes) is 1. The quantitative estimate of drug-likeness (QED) is 0.586. The number of rotatable bonds is 8. The van der Waals surface area contributed by atoms with Crippen molar-refractivity contribution in [1.82, 2.24) is 4.90 Å². The molecule has 0 aliphatic carbocycles. The van der Waals surface area contributed by atoms with Gasteiger partial charge in [0, 0.05) is 6.54 Å². The van der Waals surface area contributed by atoms with Gasteiger partial charge in [-0.15, -0.1) is 0 Å². The molecule has 0 aliphatic heterocycles. The van der Waals surface area contributed by atoms with E-state index in [1.807, 2.05) is 4.90 Å². The zero-order valence-electron chi connectivity index (χ0n) is 9.49. The highest BCUT2D eigenvalue weighted by Crippen LogP contribution is 1.97. The van der Waals surface area contributed by atoms with Gasteiger partial charge in [0.15, 0.2) is 0 Å². The molecule has 88 valence electrons. The van der Waals surface area contributed by atoms with Crippen molar-refractivity contribution >= 4 is 11.9 Å². The number of nitrogens with two attached hydrogens (primary N) is 1. The topological polar surface area (TPSA) is 72.6 Å². The van der Waals surface area contributed by atoms with Gasteiger partial charge >= 0.3 is 5.97 Å². The maximum absolute atomic E-state index is 10.9. The highest BCUT2D eigenvalue weighted by Gasteiger charge is 2.10. The molecule has 0 saturated heterocycles. The van der Waals surface area contributed by atoms with E-state index in [4.69, 9.17) is 5.73 Å². The highest BCUT2D eigenvalue weighted by molar-refractivity contribution is 5.76. The zero-order valence-corrected chi connectivity index (χ0v) is 9.49. The van der Waals surface area contributed by atoms with E-state index in [0.717, 1.165) is 19.4 Å². The van der Waals surface area contributed by atoms with Gasteiger partial charge in [-0.05, 0) is 13.0 Å². The normalized spacial score (nSPS) is 10.3. The van der Waals surface area contributed by atoms with Crippen molar-refractivity contribution in [3.05, 3.63) is 0 Å². The lowest BCUT2D eigenvalue weighted by molar-refractivity contribution is -0.141. The Balaban J connectivity index is 3.88.